The maximum atomic E-state index is 13.2. The molecule has 0 spiro atoms. The molecule has 6 nitrogen and oxygen atoms in total. The van der Waals surface area contributed by atoms with Gasteiger partial charge in [0.15, 0.2) is 0 Å². The summed E-state index contributed by atoms with van der Waals surface area (Å²) in [6, 6.07) is 8.76. The molecule has 0 radical (unpaired) electrons. The highest BCUT2D eigenvalue weighted by atomic mass is 16.5. The highest BCUT2D eigenvalue weighted by Crippen LogP contribution is 2.23. The number of benzene rings is 1. The van der Waals surface area contributed by atoms with Gasteiger partial charge in [-0.2, -0.15) is 0 Å². The first-order valence-corrected chi connectivity index (χ1v) is 10.8. The zero-order valence-corrected chi connectivity index (χ0v) is 17.0. The summed E-state index contributed by atoms with van der Waals surface area (Å²) in [7, 11) is 0. The average molecular weight is 395 g/mol. The van der Waals surface area contributed by atoms with Crippen LogP contribution in [0.2, 0.25) is 0 Å². The van der Waals surface area contributed by atoms with Gasteiger partial charge in [-0.1, -0.05) is 12.1 Å². The second-order valence-corrected chi connectivity index (χ2v) is 8.08. The van der Waals surface area contributed by atoms with Gasteiger partial charge < -0.3 is 9.64 Å². The summed E-state index contributed by atoms with van der Waals surface area (Å²) in [5.41, 5.74) is 2.33. The second kappa shape index (κ2) is 9.83. The second-order valence-electron chi connectivity index (χ2n) is 8.08. The van der Waals surface area contributed by atoms with Gasteiger partial charge in [0.1, 0.15) is 12.1 Å². The maximum absolute atomic E-state index is 13.2. The topological polar surface area (TPSA) is 58.6 Å². The molecule has 1 aromatic heterocycles. The molecule has 1 fully saturated rings. The van der Waals surface area contributed by atoms with Crippen molar-refractivity contribution in [3.63, 3.8) is 0 Å². The van der Waals surface area contributed by atoms with Crippen molar-refractivity contribution in [3.05, 3.63) is 54.1 Å². The molecule has 1 amide bonds. The lowest BCUT2D eigenvalue weighted by molar-refractivity contribution is -0.136. The van der Waals surface area contributed by atoms with Gasteiger partial charge in [0.2, 0.25) is 5.91 Å². The first-order chi connectivity index (χ1) is 14.3. The predicted molar refractivity (Wildman–Crippen MR) is 112 cm³/mol. The van der Waals surface area contributed by atoms with Gasteiger partial charge >= 0.3 is 0 Å². The van der Waals surface area contributed by atoms with Crippen molar-refractivity contribution in [2.24, 2.45) is 0 Å². The van der Waals surface area contributed by atoms with E-state index in [9.17, 15) is 4.79 Å². The molecule has 4 rings (SSSR count). The minimum atomic E-state index is 0.248. The van der Waals surface area contributed by atoms with Crippen LogP contribution in [0.3, 0.4) is 0 Å². The Kier molecular flexibility index (Phi) is 6.72. The molecule has 0 N–H and O–H groups in total. The van der Waals surface area contributed by atoms with E-state index in [1.807, 2.05) is 18.5 Å². The molecule has 29 heavy (non-hydrogen) atoms. The Balaban J connectivity index is 1.52. The minimum absolute atomic E-state index is 0.248. The normalized spacial score (nSPS) is 21.7. The largest absolute Gasteiger partial charge is 0.494 e. The van der Waals surface area contributed by atoms with Gasteiger partial charge in [-0.3, -0.25) is 9.69 Å². The molecule has 0 saturated carbocycles. The lowest BCUT2D eigenvalue weighted by Gasteiger charge is -2.37. The number of hydrogen-bond donors (Lipinski definition) is 0. The smallest absolute Gasteiger partial charge is 0.237 e. The van der Waals surface area contributed by atoms with E-state index in [4.69, 9.17) is 4.74 Å². The maximum Gasteiger partial charge on any atom is 0.237 e. The van der Waals surface area contributed by atoms with Crippen LogP contribution in [0.5, 0.6) is 5.75 Å². The van der Waals surface area contributed by atoms with E-state index in [0.717, 1.165) is 56.5 Å². The lowest BCUT2D eigenvalue weighted by Crippen LogP contribution is -2.48. The Labute approximate surface area is 172 Å². The van der Waals surface area contributed by atoms with Crippen molar-refractivity contribution in [2.45, 2.75) is 51.1 Å². The Bertz CT molecular complexity index is 798. The number of carbonyl (C=O) groups excluding carboxylic acids is 1. The zero-order valence-electron chi connectivity index (χ0n) is 17.0. The number of aromatic nitrogens is 2. The van der Waals surface area contributed by atoms with Gasteiger partial charge in [-0.05, 0) is 56.2 Å². The van der Waals surface area contributed by atoms with Gasteiger partial charge in [0.05, 0.1) is 13.2 Å². The molecule has 0 aliphatic carbocycles. The number of aryl methyl sites for hydroxylation is 1. The number of carbonyl (C=O) groups is 1. The highest BCUT2D eigenvalue weighted by molar-refractivity contribution is 5.78. The van der Waals surface area contributed by atoms with E-state index < -0.39 is 0 Å². The minimum Gasteiger partial charge on any atom is -0.494 e. The van der Waals surface area contributed by atoms with Gasteiger partial charge in [0.25, 0.3) is 0 Å². The monoisotopic (exact) mass is 394 g/mol. The van der Waals surface area contributed by atoms with Crippen LogP contribution in [0.25, 0.3) is 0 Å². The van der Waals surface area contributed by atoms with Crippen LogP contribution in [0.1, 0.15) is 43.2 Å². The fourth-order valence-corrected chi connectivity index (χ4v) is 4.40. The Morgan fingerprint density at radius 1 is 1.07 bits per heavy atom. The van der Waals surface area contributed by atoms with Gasteiger partial charge in [-0.15, -0.1) is 0 Å². The summed E-state index contributed by atoms with van der Waals surface area (Å²) >= 11 is 0. The third kappa shape index (κ3) is 5.54. The van der Waals surface area contributed by atoms with Crippen LogP contribution in [-0.4, -0.2) is 58.0 Å². The van der Waals surface area contributed by atoms with Crippen molar-refractivity contribution in [1.82, 2.24) is 19.8 Å². The van der Waals surface area contributed by atoms with E-state index in [2.05, 4.69) is 38.0 Å². The first kappa shape index (κ1) is 19.8. The van der Waals surface area contributed by atoms with E-state index in [1.54, 1.807) is 0 Å². The molecular weight excluding hydrogens is 364 g/mol. The van der Waals surface area contributed by atoms with Crippen molar-refractivity contribution in [1.29, 1.82) is 0 Å². The molecule has 2 bridgehead atoms. The van der Waals surface area contributed by atoms with Crippen LogP contribution in [0.4, 0.5) is 0 Å². The number of hydrogen-bond acceptors (Lipinski definition) is 5. The lowest BCUT2D eigenvalue weighted by atomic mass is 9.95. The van der Waals surface area contributed by atoms with E-state index in [-0.39, 0.29) is 5.91 Å². The summed E-state index contributed by atoms with van der Waals surface area (Å²) in [6.07, 6.45) is 11.5. The molecule has 1 saturated heterocycles. The summed E-state index contributed by atoms with van der Waals surface area (Å²) in [5, 5.41) is 0. The predicted octanol–water partition coefficient (Wildman–Crippen LogP) is 3.08. The standard InChI is InChI=1S/C23H30N4O2/c28-23-17-26(16-20-14-24-18-25-15-20)10-4-12-29-22-7-3-5-19(13-22)8-9-21-6-1-2-11-27(21)23/h3,5,7,13-15,18,21H,1-2,4,6,8-12,16-17H2. The molecule has 1 unspecified atom stereocenters. The molecule has 154 valence electrons. The Hall–Kier alpha value is -2.47. The molecule has 2 aromatic rings. The van der Waals surface area contributed by atoms with Gasteiger partial charge in [-0.25, -0.2) is 9.97 Å². The molecular formula is C23H30N4O2. The van der Waals surface area contributed by atoms with Crippen LogP contribution in [0, 0.1) is 0 Å². The summed E-state index contributed by atoms with van der Waals surface area (Å²) in [5.74, 6) is 1.19. The Morgan fingerprint density at radius 3 is 2.86 bits per heavy atom. The van der Waals surface area contributed by atoms with Crippen molar-refractivity contribution in [3.8, 4) is 5.75 Å². The number of ether oxygens (including phenoxy) is 1. The fourth-order valence-electron chi connectivity index (χ4n) is 4.40. The number of nitrogens with zero attached hydrogens (tertiary/aromatic N) is 4. The van der Waals surface area contributed by atoms with Crippen LogP contribution >= 0.6 is 0 Å². The summed E-state index contributed by atoms with van der Waals surface area (Å²) in [4.78, 5) is 25.8. The Morgan fingerprint density at radius 2 is 1.97 bits per heavy atom. The summed E-state index contributed by atoms with van der Waals surface area (Å²) in [6.45, 7) is 3.46. The van der Waals surface area contributed by atoms with Crippen LogP contribution in [-0.2, 0) is 17.8 Å². The van der Waals surface area contributed by atoms with E-state index >= 15 is 0 Å². The van der Waals surface area contributed by atoms with Crippen molar-refractivity contribution < 1.29 is 9.53 Å². The quantitative estimate of drug-likeness (QED) is 0.783. The van der Waals surface area contributed by atoms with Crippen LogP contribution in [0.15, 0.2) is 43.0 Å². The average Bonchev–Trinajstić information content (AvgIpc) is 2.76. The van der Waals surface area contributed by atoms with Crippen LogP contribution < -0.4 is 4.74 Å². The first-order valence-electron chi connectivity index (χ1n) is 10.8. The van der Waals surface area contributed by atoms with Gasteiger partial charge in [0, 0.05) is 43.6 Å². The fraction of sp³-hybridized carbons (Fsp3) is 0.522. The molecule has 3 heterocycles. The molecule has 2 aliphatic heterocycles. The third-order valence-corrected chi connectivity index (χ3v) is 5.88. The van der Waals surface area contributed by atoms with Crippen molar-refractivity contribution in [2.75, 3.05) is 26.2 Å². The molecule has 1 aromatic carbocycles. The number of fused-ring (bicyclic) bond motifs is 3. The number of rotatable bonds is 2. The summed E-state index contributed by atoms with van der Waals surface area (Å²) < 4.78 is 5.98. The third-order valence-electron chi connectivity index (χ3n) is 5.88. The molecule has 6 heteroatoms. The molecule has 1 atom stereocenters. The number of amides is 1. The van der Waals surface area contributed by atoms with E-state index in [1.165, 1.54) is 18.3 Å². The zero-order chi connectivity index (χ0) is 19.9. The number of piperidine rings is 1. The SMILES string of the molecule is O=C1CN(Cc2cncnc2)CCCOc2cccc(c2)CCC2CCCCN12. The molecule has 2 aliphatic rings. The van der Waals surface area contributed by atoms with E-state index in [0.29, 0.717) is 25.7 Å². The van der Waals surface area contributed by atoms with Crippen molar-refractivity contribution >= 4 is 5.91 Å². The highest BCUT2D eigenvalue weighted by Gasteiger charge is 2.27.